The summed E-state index contributed by atoms with van der Waals surface area (Å²) in [5.74, 6) is 1.69. The van der Waals surface area contributed by atoms with Crippen molar-refractivity contribution in [1.29, 1.82) is 0 Å². The number of anilines is 1. The molecule has 0 amide bonds. The fourth-order valence-electron chi connectivity index (χ4n) is 2.13. The van der Waals surface area contributed by atoms with Gasteiger partial charge in [-0.1, -0.05) is 6.42 Å². The molecule has 0 unspecified atom stereocenters. The van der Waals surface area contributed by atoms with E-state index >= 15 is 0 Å². The summed E-state index contributed by atoms with van der Waals surface area (Å²) in [6.45, 7) is 2.61. The lowest BCUT2D eigenvalue weighted by molar-refractivity contribution is 0.101. The highest BCUT2D eigenvalue weighted by Crippen LogP contribution is 2.28. The fraction of sp³-hybridized carbons (Fsp3) is 0.538. The minimum absolute atomic E-state index is 0.0866. The molecule has 3 heteroatoms. The van der Waals surface area contributed by atoms with Crippen LogP contribution in [0.5, 0.6) is 0 Å². The van der Waals surface area contributed by atoms with Crippen LogP contribution >= 0.6 is 0 Å². The molecule has 86 valence electrons. The lowest BCUT2D eigenvalue weighted by Crippen LogP contribution is -2.30. The second kappa shape index (κ2) is 4.64. The van der Waals surface area contributed by atoms with E-state index in [1.807, 2.05) is 19.2 Å². The van der Waals surface area contributed by atoms with Crippen molar-refractivity contribution in [2.45, 2.75) is 26.2 Å². The van der Waals surface area contributed by atoms with Crippen LogP contribution in [0, 0.1) is 5.92 Å². The maximum atomic E-state index is 11.5. The first-order valence-electron chi connectivity index (χ1n) is 5.85. The lowest BCUT2D eigenvalue weighted by Gasteiger charge is -2.31. The van der Waals surface area contributed by atoms with Crippen molar-refractivity contribution >= 4 is 11.6 Å². The number of aromatic nitrogens is 1. The van der Waals surface area contributed by atoms with E-state index in [4.69, 9.17) is 0 Å². The molecular formula is C13H18N2O. The molecule has 1 fully saturated rings. The molecule has 1 aromatic heterocycles. The van der Waals surface area contributed by atoms with Gasteiger partial charge in [0.25, 0.3) is 0 Å². The summed E-state index contributed by atoms with van der Waals surface area (Å²) < 4.78 is 0. The number of rotatable bonds is 4. The van der Waals surface area contributed by atoms with Gasteiger partial charge in [0, 0.05) is 19.8 Å². The van der Waals surface area contributed by atoms with Crippen LogP contribution in [0.2, 0.25) is 0 Å². The summed E-state index contributed by atoms with van der Waals surface area (Å²) >= 11 is 0. The summed E-state index contributed by atoms with van der Waals surface area (Å²) in [5, 5.41) is 0. The number of hydrogen-bond donors (Lipinski definition) is 0. The number of carbonyl (C=O) groups is 1. The van der Waals surface area contributed by atoms with E-state index in [0.29, 0.717) is 0 Å². The molecule has 0 radical (unpaired) electrons. The zero-order valence-electron chi connectivity index (χ0n) is 9.94. The maximum Gasteiger partial charge on any atom is 0.163 e. The Morgan fingerprint density at radius 2 is 2.31 bits per heavy atom. The molecule has 16 heavy (non-hydrogen) atoms. The van der Waals surface area contributed by atoms with E-state index in [0.717, 1.165) is 23.8 Å². The Bertz CT molecular complexity index is 385. The van der Waals surface area contributed by atoms with Crippen molar-refractivity contribution in [1.82, 2.24) is 4.98 Å². The van der Waals surface area contributed by atoms with Gasteiger partial charge in [0.1, 0.15) is 5.82 Å². The van der Waals surface area contributed by atoms with Gasteiger partial charge in [-0.05, 0) is 37.8 Å². The molecule has 0 aliphatic heterocycles. The van der Waals surface area contributed by atoms with Gasteiger partial charge in [0.05, 0.1) is 5.56 Å². The van der Waals surface area contributed by atoms with Crippen LogP contribution in [0.25, 0.3) is 0 Å². The average molecular weight is 218 g/mol. The maximum absolute atomic E-state index is 11.5. The second-order valence-corrected chi connectivity index (χ2v) is 4.61. The zero-order valence-corrected chi connectivity index (χ0v) is 9.94. The van der Waals surface area contributed by atoms with Crippen molar-refractivity contribution in [2.24, 2.45) is 5.92 Å². The van der Waals surface area contributed by atoms with Gasteiger partial charge in [-0.15, -0.1) is 0 Å². The Kier molecular flexibility index (Phi) is 3.22. The number of carbonyl (C=O) groups excluding carboxylic acids is 1. The first kappa shape index (κ1) is 11.1. The zero-order chi connectivity index (χ0) is 11.5. The van der Waals surface area contributed by atoms with Crippen LogP contribution < -0.4 is 4.90 Å². The highest BCUT2D eigenvalue weighted by atomic mass is 16.1. The molecule has 3 nitrogen and oxygen atoms in total. The number of hydrogen-bond acceptors (Lipinski definition) is 3. The van der Waals surface area contributed by atoms with E-state index in [-0.39, 0.29) is 5.78 Å². The summed E-state index contributed by atoms with van der Waals surface area (Å²) in [6.07, 6.45) is 5.72. The Hall–Kier alpha value is -1.38. The largest absolute Gasteiger partial charge is 0.359 e. The Balaban J connectivity index is 2.14. The van der Waals surface area contributed by atoms with Crippen molar-refractivity contribution in [2.75, 3.05) is 18.5 Å². The standard InChI is InChI=1S/C13H18N2O/c1-10(16)12-7-4-8-14-13(12)15(2)9-11-5-3-6-11/h4,7-8,11H,3,5-6,9H2,1-2H3. The van der Waals surface area contributed by atoms with Gasteiger partial charge >= 0.3 is 0 Å². The van der Waals surface area contributed by atoms with E-state index in [1.165, 1.54) is 19.3 Å². The fourth-order valence-corrected chi connectivity index (χ4v) is 2.13. The third-order valence-corrected chi connectivity index (χ3v) is 3.28. The van der Waals surface area contributed by atoms with Gasteiger partial charge in [0.15, 0.2) is 5.78 Å². The molecule has 1 saturated carbocycles. The van der Waals surface area contributed by atoms with E-state index in [9.17, 15) is 4.79 Å². The molecule has 0 bridgehead atoms. The second-order valence-electron chi connectivity index (χ2n) is 4.61. The Morgan fingerprint density at radius 3 is 2.88 bits per heavy atom. The van der Waals surface area contributed by atoms with Crippen LogP contribution in [0.15, 0.2) is 18.3 Å². The third-order valence-electron chi connectivity index (χ3n) is 3.28. The van der Waals surface area contributed by atoms with Crippen LogP contribution in [0.1, 0.15) is 36.5 Å². The summed E-state index contributed by atoms with van der Waals surface area (Å²) in [4.78, 5) is 17.9. The summed E-state index contributed by atoms with van der Waals surface area (Å²) in [5.41, 5.74) is 0.726. The first-order chi connectivity index (χ1) is 7.68. The topological polar surface area (TPSA) is 33.2 Å². The van der Waals surface area contributed by atoms with Gasteiger partial charge < -0.3 is 4.90 Å². The quantitative estimate of drug-likeness (QED) is 0.728. The van der Waals surface area contributed by atoms with Crippen molar-refractivity contribution in [3.8, 4) is 0 Å². The van der Waals surface area contributed by atoms with Crippen LogP contribution in [0.4, 0.5) is 5.82 Å². The lowest BCUT2D eigenvalue weighted by atomic mass is 9.85. The Morgan fingerprint density at radius 1 is 1.56 bits per heavy atom. The molecule has 1 aliphatic carbocycles. The van der Waals surface area contributed by atoms with E-state index < -0.39 is 0 Å². The minimum Gasteiger partial charge on any atom is -0.359 e. The molecule has 0 saturated heterocycles. The molecule has 0 aromatic carbocycles. The van der Waals surface area contributed by atoms with E-state index in [1.54, 1.807) is 13.1 Å². The minimum atomic E-state index is 0.0866. The SMILES string of the molecule is CC(=O)c1cccnc1N(C)CC1CCC1. The normalized spacial score (nSPS) is 15.6. The molecule has 1 aliphatic rings. The smallest absolute Gasteiger partial charge is 0.163 e. The van der Waals surface area contributed by atoms with Crippen molar-refractivity contribution in [3.63, 3.8) is 0 Å². The van der Waals surface area contributed by atoms with E-state index in [2.05, 4.69) is 9.88 Å². The number of ketones is 1. The van der Waals surface area contributed by atoms with Crippen LogP contribution in [-0.4, -0.2) is 24.4 Å². The predicted octanol–water partition coefficient (Wildman–Crippen LogP) is 2.52. The monoisotopic (exact) mass is 218 g/mol. The van der Waals surface area contributed by atoms with Crippen LogP contribution in [-0.2, 0) is 0 Å². The highest BCUT2D eigenvalue weighted by molar-refractivity contribution is 5.98. The molecule has 0 N–H and O–H groups in total. The number of nitrogens with zero attached hydrogens (tertiary/aromatic N) is 2. The van der Waals surface area contributed by atoms with Gasteiger partial charge in [-0.3, -0.25) is 4.79 Å². The number of pyridine rings is 1. The van der Waals surface area contributed by atoms with Gasteiger partial charge in [-0.2, -0.15) is 0 Å². The molecule has 2 rings (SSSR count). The van der Waals surface area contributed by atoms with Gasteiger partial charge in [0.2, 0.25) is 0 Å². The molecule has 1 heterocycles. The van der Waals surface area contributed by atoms with Crippen molar-refractivity contribution < 1.29 is 4.79 Å². The Labute approximate surface area is 96.5 Å². The molecule has 0 spiro atoms. The predicted molar refractivity (Wildman–Crippen MR) is 64.9 cm³/mol. The highest BCUT2D eigenvalue weighted by Gasteiger charge is 2.21. The first-order valence-corrected chi connectivity index (χ1v) is 5.85. The van der Waals surface area contributed by atoms with Gasteiger partial charge in [-0.25, -0.2) is 4.98 Å². The summed E-state index contributed by atoms with van der Waals surface area (Å²) in [7, 11) is 2.02. The molecule has 0 atom stereocenters. The molecular weight excluding hydrogens is 200 g/mol. The summed E-state index contributed by atoms with van der Waals surface area (Å²) in [6, 6.07) is 3.67. The van der Waals surface area contributed by atoms with Crippen molar-refractivity contribution in [3.05, 3.63) is 23.9 Å². The number of Topliss-reactive ketones (excluding diaryl/α,β-unsaturated/α-hetero) is 1. The third kappa shape index (κ3) is 2.23. The van der Waals surface area contributed by atoms with Crippen LogP contribution in [0.3, 0.4) is 0 Å². The average Bonchev–Trinajstić information content (AvgIpc) is 2.23. The molecule has 1 aromatic rings.